The molecular weight excluding hydrogens is 352 g/mol. The third kappa shape index (κ3) is 4.64. The average molecular weight is 374 g/mol. The molecule has 1 saturated heterocycles. The first kappa shape index (κ1) is 18.5. The predicted molar refractivity (Wildman–Crippen MR) is 101 cm³/mol. The molecule has 2 atom stereocenters. The smallest absolute Gasteiger partial charge is 0.269 e. The van der Waals surface area contributed by atoms with Gasteiger partial charge in [0.1, 0.15) is 0 Å². The van der Waals surface area contributed by atoms with Gasteiger partial charge in [0, 0.05) is 42.7 Å². The number of nitro benzene ring substituents is 1. The molecular formula is C18H22N4O3S. The van der Waals surface area contributed by atoms with Gasteiger partial charge in [-0.05, 0) is 30.4 Å². The predicted octanol–water partition coefficient (Wildman–Crippen LogP) is 3.78. The van der Waals surface area contributed by atoms with Crippen molar-refractivity contribution < 1.29 is 9.72 Å². The van der Waals surface area contributed by atoms with E-state index in [-0.39, 0.29) is 11.6 Å². The summed E-state index contributed by atoms with van der Waals surface area (Å²) in [5, 5.41) is 15.9. The summed E-state index contributed by atoms with van der Waals surface area (Å²) in [6.45, 7) is 7.50. The largest absolute Gasteiger partial charge is 0.298 e. The van der Waals surface area contributed by atoms with Gasteiger partial charge >= 0.3 is 0 Å². The molecule has 1 amide bonds. The maximum atomic E-state index is 12.3. The van der Waals surface area contributed by atoms with Gasteiger partial charge in [0.05, 0.1) is 10.6 Å². The Morgan fingerprint density at radius 3 is 2.58 bits per heavy atom. The van der Waals surface area contributed by atoms with E-state index in [0.29, 0.717) is 22.5 Å². The van der Waals surface area contributed by atoms with Crippen LogP contribution in [0.3, 0.4) is 0 Å². The number of anilines is 1. The highest BCUT2D eigenvalue weighted by atomic mass is 32.1. The number of nitrogens with one attached hydrogen (secondary N) is 1. The van der Waals surface area contributed by atoms with E-state index in [2.05, 4.69) is 29.0 Å². The van der Waals surface area contributed by atoms with E-state index in [1.54, 1.807) is 0 Å². The molecule has 8 heteroatoms. The molecule has 1 aromatic carbocycles. The van der Waals surface area contributed by atoms with Crippen molar-refractivity contribution in [3.63, 3.8) is 0 Å². The molecule has 0 spiro atoms. The van der Waals surface area contributed by atoms with Crippen LogP contribution in [-0.4, -0.2) is 33.8 Å². The second-order valence-electron chi connectivity index (χ2n) is 7.04. The number of benzene rings is 1. The number of aromatic nitrogens is 1. The number of nitrogens with zero attached hydrogens (tertiary/aromatic N) is 3. The first-order valence-electron chi connectivity index (χ1n) is 8.63. The van der Waals surface area contributed by atoms with Gasteiger partial charge in [0.2, 0.25) is 0 Å². The quantitative estimate of drug-likeness (QED) is 0.635. The minimum absolute atomic E-state index is 0.0388. The Bertz CT molecular complexity index is 780. The Labute approximate surface area is 156 Å². The standard InChI is InChI=1S/C18H22N4O3S/c1-12-7-13(2)9-21(8-12)10-15-11-26-18(19-15)20-17(23)14-3-5-16(6-4-14)22(24)25/h3-6,11-13H,7-10H2,1-2H3,(H,19,20,23). The van der Waals surface area contributed by atoms with Crippen molar-refractivity contribution >= 4 is 28.1 Å². The van der Waals surface area contributed by atoms with Crippen LogP contribution in [0, 0.1) is 22.0 Å². The van der Waals surface area contributed by atoms with Gasteiger partial charge in [-0.1, -0.05) is 13.8 Å². The Morgan fingerprint density at radius 1 is 1.31 bits per heavy atom. The fraction of sp³-hybridized carbons (Fsp3) is 0.444. The van der Waals surface area contributed by atoms with Crippen molar-refractivity contribution in [1.82, 2.24) is 9.88 Å². The summed E-state index contributed by atoms with van der Waals surface area (Å²) < 4.78 is 0. The molecule has 1 aromatic heterocycles. The number of non-ortho nitro benzene ring substituents is 1. The number of nitro groups is 1. The van der Waals surface area contributed by atoms with Gasteiger partial charge in [-0.15, -0.1) is 11.3 Å². The second-order valence-corrected chi connectivity index (χ2v) is 7.90. The first-order chi connectivity index (χ1) is 12.4. The lowest BCUT2D eigenvalue weighted by Crippen LogP contribution is -2.38. The van der Waals surface area contributed by atoms with E-state index in [1.165, 1.54) is 42.0 Å². The summed E-state index contributed by atoms with van der Waals surface area (Å²) in [6.07, 6.45) is 1.27. The van der Waals surface area contributed by atoms with E-state index in [4.69, 9.17) is 0 Å². The van der Waals surface area contributed by atoms with Crippen molar-refractivity contribution in [1.29, 1.82) is 0 Å². The number of hydrogen-bond donors (Lipinski definition) is 1. The SMILES string of the molecule is CC1CC(C)CN(Cc2csc(NC(=O)c3ccc([N+](=O)[O-])cc3)n2)C1. The molecule has 0 aliphatic carbocycles. The molecule has 1 aliphatic rings. The van der Waals surface area contributed by atoms with Gasteiger partial charge in [-0.3, -0.25) is 25.1 Å². The van der Waals surface area contributed by atoms with Crippen molar-refractivity contribution in [2.24, 2.45) is 11.8 Å². The van der Waals surface area contributed by atoms with Gasteiger partial charge in [-0.2, -0.15) is 0 Å². The highest BCUT2D eigenvalue weighted by Crippen LogP contribution is 2.24. The Morgan fingerprint density at radius 2 is 1.96 bits per heavy atom. The molecule has 138 valence electrons. The van der Waals surface area contributed by atoms with Gasteiger partial charge in [-0.25, -0.2) is 4.98 Å². The summed E-state index contributed by atoms with van der Waals surface area (Å²) in [6, 6.07) is 5.53. The fourth-order valence-electron chi connectivity index (χ4n) is 3.49. The molecule has 2 aromatic rings. The average Bonchev–Trinajstić information content (AvgIpc) is 3.00. The van der Waals surface area contributed by atoms with Gasteiger partial charge in [0.15, 0.2) is 5.13 Å². The number of rotatable bonds is 5. The number of thiazole rings is 1. The van der Waals surface area contributed by atoms with Crippen LogP contribution in [0.15, 0.2) is 29.6 Å². The molecule has 1 fully saturated rings. The summed E-state index contributed by atoms with van der Waals surface area (Å²) in [5.74, 6) is 1.07. The first-order valence-corrected chi connectivity index (χ1v) is 9.51. The molecule has 0 bridgehead atoms. The summed E-state index contributed by atoms with van der Waals surface area (Å²) >= 11 is 1.39. The zero-order valence-electron chi connectivity index (χ0n) is 14.8. The number of piperidine rings is 1. The zero-order valence-corrected chi connectivity index (χ0v) is 15.7. The lowest BCUT2D eigenvalue weighted by molar-refractivity contribution is -0.384. The van der Waals surface area contributed by atoms with E-state index < -0.39 is 4.92 Å². The molecule has 2 unspecified atom stereocenters. The number of amides is 1. The van der Waals surface area contributed by atoms with Crippen molar-refractivity contribution in [2.75, 3.05) is 18.4 Å². The van der Waals surface area contributed by atoms with Crippen molar-refractivity contribution in [3.05, 3.63) is 51.0 Å². The molecule has 3 rings (SSSR count). The van der Waals surface area contributed by atoms with Crippen LogP contribution in [0.25, 0.3) is 0 Å². The topological polar surface area (TPSA) is 88.4 Å². The van der Waals surface area contributed by atoms with E-state index in [9.17, 15) is 14.9 Å². The number of carbonyl (C=O) groups excluding carboxylic acids is 1. The molecule has 7 nitrogen and oxygen atoms in total. The van der Waals surface area contributed by atoms with Crippen LogP contribution in [0.4, 0.5) is 10.8 Å². The molecule has 2 heterocycles. The summed E-state index contributed by atoms with van der Waals surface area (Å²) in [5.41, 5.74) is 1.28. The minimum atomic E-state index is -0.489. The second kappa shape index (κ2) is 7.92. The van der Waals surface area contributed by atoms with Crippen LogP contribution in [0.5, 0.6) is 0 Å². The van der Waals surface area contributed by atoms with Crippen LogP contribution in [0.1, 0.15) is 36.3 Å². The van der Waals surface area contributed by atoms with Crippen molar-refractivity contribution in [3.8, 4) is 0 Å². The Hall–Kier alpha value is -2.32. The minimum Gasteiger partial charge on any atom is -0.298 e. The Balaban J connectivity index is 1.59. The molecule has 0 saturated carbocycles. The summed E-state index contributed by atoms with van der Waals surface area (Å²) in [4.78, 5) is 29.4. The number of carbonyl (C=O) groups is 1. The number of hydrogen-bond acceptors (Lipinski definition) is 6. The molecule has 1 aliphatic heterocycles. The van der Waals surface area contributed by atoms with Crippen LogP contribution in [-0.2, 0) is 6.54 Å². The molecule has 1 N–H and O–H groups in total. The lowest BCUT2D eigenvalue weighted by atomic mass is 9.92. The third-order valence-electron chi connectivity index (χ3n) is 4.44. The maximum absolute atomic E-state index is 12.3. The van der Waals surface area contributed by atoms with Gasteiger partial charge in [0.25, 0.3) is 11.6 Å². The van der Waals surface area contributed by atoms with Crippen molar-refractivity contribution in [2.45, 2.75) is 26.8 Å². The normalized spacial score (nSPS) is 20.7. The van der Waals surface area contributed by atoms with Crippen LogP contribution >= 0.6 is 11.3 Å². The summed E-state index contributed by atoms with van der Waals surface area (Å²) in [7, 11) is 0. The highest BCUT2D eigenvalue weighted by Gasteiger charge is 2.22. The van der Waals surface area contributed by atoms with Gasteiger partial charge < -0.3 is 0 Å². The van der Waals surface area contributed by atoms with E-state index in [0.717, 1.165) is 25.3 Å². The molecule has 26 heavy (non-hydrogen) atoms. The van der Waals surface area contributed by atoms with E-state index in [1.807, 2.05) is 5.38 Å². The zero-order chi connectivity index (χ0) is 18.7. The lowest BCUT2D eigenvalue weighted by Gasteiger charge is -2.34. The van der Waals surface area contributed by atoms with Crippen LogP contribution < -0.4 is 5.32 Å². The van der Waals surface area contributed by atoms with Crippen LogP contribution in [0.2, 0.25) is 0 Å². The van der Waals surface area contributed by atoms with E-state index >= 15 is 0 Å². The monoisotopic (exact) mass is 374 g/mol. The maximum Gasteiger partial charge on any atom is 0.269 e. The molecule has 0 radical (unpaired) electrons. The Kier molecular flexibility index (Phi) is 5.63. The fourth-order valence-corrected chi connectivity index (χ4v) is 4.19. The highest BCUT2D eigenvalue weighted by molar-refractivity contribution is 7.13. The third-order valence-corrected chi connectivity index (χ3v) is 5.25. The number of likely N-dealkylation sites (tertiary alicyclic amines) is 1.